The molecule has 4 heteroatoms. The van der Waals surface area contributed by atoms with E-state index in [-0.39, 0.29) is 0 Å². The van der Waals surface area contributed by atoms with Gasteiger partial charge in [-0.2, -0.15) is 0 Å². The molecule has 0 aliphatic heterocycles. The maximum atomic E-state index is 6.31. The van der Waals surface area contributed by atoms with Crippen molar-refractivity contribution in [2.45, 2.75) is 57.6 Å². The molecule has 0 aromatic heterocycles. The molecule has 116 valence electrons. The highest BCUT2D eigenvalue weighted by Gasteiger charge is 2.57. The molecule has 0 saturated heterocycles. The fourth-order valence-electron chi connectivity index (χ4n) is 3.94. The predicted molar refractivity (Wildman–Crippen MR) is 91.2 cm³/mol. The largest absolute Gasteiger partial charge is 0.488 e. The van der Waals surface area contributed by atoms with Gasteiger partial charge in [0.25, 0.3) is 0 Å². The summed E-state index contributed by atoms with van der Waals surface area (Å²) in [7, 11) is 0. The molecular formula is C17H23BrClNO. The van der Waals surface area contributed by atoms with E-state index < -0.39 is 0 Å². The second-order valence-corrected chi connectivity index (χ2v) is 7.69. The minimum atomic E-state index is 0.307. The monoisotopic (exact) mass is 371 g/mol. The number of halogens is 2. The second-order valence-electron chi connectivity index (χ2n) is 6.36. The van der Waals surface area contributed by atoms with Gasteiger partial charge < -0.3 is 10.1 Å². The summed E-state index contributed by atoms with van der Waals surface area (Å²) in [5.74, 6) is 0.816. The molecule has 2 unspecified atom stereocenters. The van der Waals surface area contributed by atoms with E-state index in [0.717, 1.165) is 23.2 Å². The molecule has 0 heterocycles. The molecule has 2 aliphatic rings. The molecule has 1 spiro atoms. The second kappa shape index (κ2) is 6.47. The van der Waals surface area contributed by atoms with Crippen molar-refractivity contribution in [3.63, 3.8) is 0 Å². The van der Waals surface area contributed by atoms with Crippen LogP contribution in [0, 0.1) is 5.41 Å². The third-order valence-electron chi connectivity index (χ3n) is 5.12. The lowest BCUT2D eigenvalue weighted by Gasteiger charge is -2.54. The van der Waals surface area contributed by atoms with Crippen molar-refractivity contribution >= 4 is 27.5 Å². The zero-order valence-corrected chi connectivity index (χ0v) is 14.8. The Morgan fingerprint density at radius 3 is 2.86 bits per heavy atom. The molecular weight excluding hydrogens is 350 g/mol. The Labute approximate surface area is 140 Å². The zero-order chi connectivity index (χ0) is 14.9. The maximum absolute atomic E-state index is 6.31. The Balaban J connectivity index is 1.72. The number of benzene rings is 1. The van der Waals surface area contributed by atoms with E-state index in [1.54, 1.807) is 0 Å². The lowest BCUT2D eigenvalue weighted by atomic mass is 9.60. The van der Waals surface area contributed by atoms with Gasteiger partial charge in [0.15, 0.2) is 0 Å². The van der Waals surface area contributed by atoms with E-state index in [2.05, 4.69) is 28.2 Å². The van der Waals surface area contributed by atoms with Gasteiger partial charge in [0.1, 0.15) is 11.9 Å². The summed E-state index contributed by atoms with van der Waals surface area (Å²) in [6.45, 7) is 3.33. The number of nitrogens with one attached hydrogen (secondary N) is 1. The van der Waals surface area contributed by atoms with Gasteiger partial charge in [0.2, 0.25) is 0 Å². The van der Waals surface area contributed by atoms with Gasteiger partial charge in [-0.1, -0.05) is 47.3 Å². The van der Waals surface area contributed by atoms with E-state index in [4.69, 9.17) is 16.3 Å². The average Bonchev–Trinajstić information content (AvgIpc) is 2.98. The molecule has 2 nitrogen and oxygen atoms in total. The van der Waals surface area contributed by atoms with Gasteiger partial charge in [0, 0.05) is 22.4 Å². The summed E-state index contributed by atoms with van der Waals surface area (Å²) in [4.78, 5) is 0. The normalized spacial score (nSPS) is 26.8. The van der Waals surface area contributed by atoms with Crippen LogP contribution in [0.2, 0.25) is 5.02 Å². The first-order valence-corrected chi connectivity index (χ1v) is 9.18. The Bertz CT molecular complexity index is 502. The lowest BCUT2D eigenvalue weighted by molar-refractivity contribution is -0.0759. The van der Waals surface area contributed by atoms with Crippen LogP contribution in [-0.2, 0) is 0 Å². The molecule has 1 N–H and O–H groups in total. The minimum Gasteiger partial charge on any atom is -0.488 e. The van der Waals surface area contributed by atoms with Crippen LogP contribution in [0.3, 0.4) is 0 Å². The van der Waals surface area contributed by atoms with Crippen LogP contribution >= 0.6 is 27.5 Å². The first kappa shape index (κ1) is 15.6. The van der Waals surface area contributed by atoms with Crippen molar-refractivity contribution < 1.29 is 4.74 Å². The Kier molecular flexibility index (Phi) is 4.82. The number of hydrogen-bond donors (Lipinski definition) is 1. The quantitative estimate of drug-likeness (QED) is 0.768. The molecule has 2 atom stereocenters. The van der Waals surface area contributed by atoms with Gasteiger partial charge in [-0.05, 0) is 44.0 Å². The Morgan fingerprint density at radius 1 is 1.38 bits per heavy atom. The van der Waals surface area contributed by atoms with E-state index in [1.165, 1.54) is 32.1 Å². The van der Waals surface area contributed by atoms with Crippen LogP contribution in [0.15, 0.2) is 22.7 Å². The fraction of sp³-hybridized carbons (Fsp3) is 0.647. The van der Waals surface area contributed by atoms with Crippen LogP contribution in [0.25, 0.3) is 0 Å². The minimum absolute atomic E-state index is 0.307. The third-order valence-corrected chi connectivity index (χ3v) is 5.93. The Hall–Kier alpha value is -0.250. The molecule has 2 aliphatic carbocycles. The van der Waals surface area contributed by atoms with Crippen LogP contribution in [0.1, 0.15) is 45.4 Å². The highest BCUT2D eigenvalue weighted by Crippen LogP contribution is 2.55. The third kappa shape index (κ3) is 2.97. The van der Waals surface area contributed by atoms with Gasteiger partial charge in [-0.3, -0.25) is 0 Å². The summed E-state index contributed by atoms with van der Waals surface area (Å²) < 4.78 is 7.32. The first-order chi connectivity index (χ1) is 10.2. The van der Waals surface area contributed by atoms with Crippen LogP contribution in [0.4, 0.5) is 0 Å². The lowest BCUT2D eigenvalue weighted by Crippen LogP contribution is -2.63. The van der Waals surface area contributed by atoms with E-state index in [1.807, 2.05) is 18.2 Å². The number of rotatable bonds is 5. The molecule has 2 fully saturated rings. The van der Waals surface area contributed by atoms with Crippen molar-refractivity contribution in [1.29, 1.82) is 0 Å². The first-order valence-electron chi connectivity index (χ1n) is 8.01. The van der Waals surface area contributed by atoms with E-state index in [9.17, 15) is 0 Å². The molecule has 21 heavy (non-hydrogen) atoms. The van der Waals surface area contributed by atoms with Crippen LogP contribution < -0.4 is 10.1 Å². The van der Waals surface area contributed by atoms with Crippen molar-refractivity contribution in [2.24, 2.45) is 5.41 Å². The maximum Gasteiger partial charge on any atom is 0.139 e. The highest BCUT2D eigenvalue weighted by molar-refractivity contribution is 9.10. The molecule has 0 bridgehead atoms. The van der Waals surface area contributed by atoms with Crippen LogP contribution in [-0.4, -0.2) is 18.7 Å². The van der Waals surface area contributed by atoms with Crippen molar-refractivity contribution in [3.05, 3.63) is 27.7 Å². The van der Waals surface area contributed by atoms with Crippen LogP contribution in [0.5, 0.6) is 5.75 Å². The van der Waals surface area contributed by atoms with Gasteiger partial charge in [-0.25, -0.2) is 0 Å². The molecule has 0 radical (unpaired) electrons. The fourth-order valence-corrected chi connectivity index (χ4v) is 4.44. The topological polar surface area (TPSA) is 21.3 Å². The summed E-state index contributed by atoms with van der Waals surface area (Å²) in [5, 5.41) is 4.43. The molecule has 3 rings (SSSR count). The Morgan fingerprint density at radius 2 is 2.14 bits per heavy atom. The van der Waals surface area contributed by atoms with Gasteiger partial charge in [-0.15, -0.1) is 0 Å². The van der Waals surface area contributed by atoms with Gasteiger partial charge >= 0.3 is 0 Å². The van der Waals surface area contributed by atoms with E-state index in [0.29, 0.717) is 22.6 Å². The standard InChI is InChI=1S/C17H23BrClNO/c1-2-9-20-15-11-16(17(15)7-3-4-8-17)21-14-10-12(18)5-6-13(14)19/h5-6,10,15-16,20H,2-4,7-9,11H2,1H3. The molecule has 1 aromatic rings. The zero-order valence-electron chi connectivity index (χ0n) is 12.5. The van der Waals surface area contributed by atoms with Crippen molar-refractivity contribution in [1.82, 2.24) is 5.32 Å². The number of hydrogen-bond acceptors (Lipinski definition) is 2. The summed E-state index contributed by atoms with van der Waals surface area (Å²) in [6, 6.07) is 6.45. The average molecular weight is 373 g/mol. The summed E-state index contributed by atoms with van der Waals surface area (Å²) in [6.07, 6.45) is 7.82. The van der Waals surface area contributed by atoms with Crippen molar-refractivity contribution in [3.8, 4) is 5.75 Å². The smallest absolute Gasteiger partial charge is 0.139 e. The highest BCUT2D eigenvalue weighted by atomic mass is 79.9. The SMILES string of the molecule is CCCNC1CC(Oc2cc(Br)ccc2Cl)C12CCCC2. The van der Waals surface area contributed by atoms with E-state index >= 15 is 0 Å². The molecule has 2 saturated carbocycles. The van der Waals surface area contributed by atoms with Gasteiger partial charge in [0.05, 0.1) is 5.02 Å². The molecule has 1 aromatic carbocycles. The predicted octanol–water partition coefficient (Wildman–Crippen LogP) is 5.18. The molecule has 0 amide bonds. The summed E-state index contributed by atoms with van der Waals surface area (Å²) in [5.41, 5.74) is 0.334. The number of ether oxygens (including phenoxy) is 1. The van der Waals surface area contributed by atoms with Crippen molar-refractivity contribution in [2.75, 3.05) is 6.54 Å². The summed E-state index contributed by atoms with van der Waals surface area (Å²) >= 11 is 9.77.